The number of aliphatic carboxylic acids is 1. The lowest BCUT2D eigenvalue weighted by Crippen LogP contribution is -2.58. The lowest BCUT2D eigenvalue weighted by Gasteiger charge is -2.24. The first kappa shape index (κ1) is 22.9. The second kappa shape index (κ2) is 11.5. The van der Waals surface area contributed by atoms with E-state index in [0.29, 0.717) is 6.42 Å². The van der Waals surface area contributed by atoms with E-state index in [1.807, 2.05) is 0 Å². The van der Waals surface area contributed by atoms with E-state index in [0.717, 1.165) is 0 Å². The van der Waals surface area contributed by atoms with Crippen LogP contribution in [-0.2, 0) is 14.4 Å². The van der Waals surface area contributed by atoms with Gasteiger partial charge in [-0.15, -0.1) is 0 Å². The van der Waals surface area contributed by atoms with Gasteiger partial charge >= 0.3 is 5.97 Å². The molecule has 11 nitrogen and oxygen atoms in total. The van der Waals surface area contributed by atoms with Crippen LogP contribution in [0, 0.1) is 0 Å². The van der Waals surface area contributed by atoms with Gasteiger partial charge < -0.3 is 38.0 Å². The predicted octanol–water partition coefficient (Wildman–Crippen LogP) is -3.27. The van der Waals surface area contributed by atoms with Crippen LogP contribution in [0.2, 0.25) is 0 Å². The number of guanidine groups is 1. The molecule has 0 rings (SSSR count). The fourth-order valence-electron chi connectivity index (χ4n) is 1.77. The van der Waals surface area contributed by atoms with Crippen LogP contribution < -0.4 is 27.8 Å². The number of thiol groups is 1. The molecule has 0 aromatic rings. The largest absolute Gasteiger partial charge is 0.480 e. The van der Waals surface area contributed by atoms with Crippen molar-refractivity contribution in [3.63, 3.8) is 0 Å². The number of aliphatic hydroxyl groups excluding tert-OH is 1. The number of aliphatic imine (C=N–C) groups is 1. The quantitative estimate of drug-likeness (QED) is 0.0790. The molecule has 0 radical (unpaired) electrons. The third-order valence-electron chi connectivity index (χ3n) is 3.16. The van der Waals surface area contributed by atoms with Crippen LogP contribution in [0.15, 0.2) is 4.99 Å². The molecule has 12 heteroatoms. The third-order valence-corrected chi connectivity index (χ3v) is 3.55. The molecule has 0 aliphatic heterocycles. The van der Waals surface area contributed by atoms with Crippen LogP contribution in [0.25, 0.3) is 0 Å². The van der Waals surface area contributed by atoms with Crippen molar-refractivity contribution >= 4 is 36.4 Å². The van der Waals surface area contributed by atoms with Gasteiger partial charge in [-0.3, -0.25) is 14.6 Å². The lowest BCUT2D eigenvalue weighted by atomic mass is 10.1. The Labute approximate surface area is 150 Å². The zero-order valence-corrected chi connectivity index (χ0v) is 14.8. The SMILES string of the molecule is CC(O)C(NC(=O)C(N)CS)C(=O)NC(CCCN=C(N)N)C(=O)O. The highest BCUT2D eigenvalue weighted by Gasteiger charge is 2.30. The Morgan fingerprint density at radius 3 is 2.24 bits per heavy atom. The summed E-state index contributed by atoms with van der Waals surface area (Å²) in [4.78, 5) is 38.9. The molecule has 0 aromatic carbocycles. The first-order valence-corrected chi connectivity index (χ1v) is 8.16. The highest BCUT2D eigenvalue weighted by atomic mass is 32.1. The number of nitrogens with two attached hydrogens (primary N) is 3. The molecule has 10 N–H and O–H groups in total. The molecule has 2 amide bonds. The first-order valence-electron chi connectivity index (χ1n) is 7.53. The van der Waals surface area contributed by atoms with E-state index in [4.69, 9.17) is 17.2 Å². The van der Waals surface area contributed by atoms with Crippen molar-refractivity contribution in [2.45, 2.75) is 44.0 Å². The number of amides is 2. The average molecular weight is 378 g/mol. The van der Waals surface area contributed by atoms with E-state index in [-0.39, 0.29) is 24.7 Å². The monoisotopic (exact) mass is 378 g/mol. The van der Waals surface area contributed by atoms with E-state index in [2.05, 4.69) is 28.3 Å². The summed E-state index contributed by atoms with van der Waals surface area (Å²) in [6, 6.07) is -3.54. The fraction of sp³-hybridized carbons (Fsp3) is 0.692. The molecular weight excluding hydrogens is 352 g/mol. The van der Waals surface area contributed by atoms with Gasteiger partial charge in [-0.25, -0.2) is 4.79 Å². The average Bonchev–Trinajstić information content (AvgIpc) is 2.53. The van der Waals surface area contributed by atoms with Crippen molar-refractivity contribution in [2.75, 3.05) is 12.3 Å². The van der Waals surface area contributed by atoms with Gasteiger partial charge in [0.15, 0.2) is 5.96 Å². The smallest absolute Gasteiger partial charge is 0.326 e. The van der Waals surface area contributed by atoms with Crippen molar-refractivity contribution in [2.24, 2.45) is 22.2 Å². The minimum atomic E-state index is -1.35. The molecular formula is C13H26N6O5S. The predicted molar refractivity (Wildman–Crippen MR) is 94.9 cm³/mol. The Balaban J connectivity index is 4.83. The fourth-order valence-corrected chi connectivity index (χ4v) is 1.94. The second-order valence-corrected chi connectivity index (χ2v) is 5.73. The van der Waals surface area contributed by atoms with Crippen LogP contribution in [0.5, 0.6) is 0 Å². The summed E-state index contributed by atoms with van der Waals surface area (Å²) < 4.78 is 0. The molecule has 25 heavy (non-hydrogen) atoms. The number of nitrogens with zero attached hydrogens (tertiary/aromatic N) is 1. The Morgan fingerprint density at radius 2 is 1.80 bits per heavy atom. The van der Waals surface area contributed by atoms with E-state index in [9.17, 15) is 24.6 Å². The lowest BCUT2D eigenvalue weighted by molar-refractivity contribution is -0.143. The number of aliphatic hydroxyl groups is 1. The Kier molecular flexibility index (Phi) is 10.6. The summed E-state index contributed by atoms with van der Waals surface area (Å²) in [6.07, 6.45) is -0.882. The van der Waals surface area contributed by atoms with E-state index < -0.39 is 42.0 Å². The van der Waals surface area contributed by atoms with Crippen LogP contribution in [0.1, 0.15) is 19.8 Å². The Hall–Kier alpha value is -2.05. The number of carboxylic acids is 1. The highest BCUT2D eigenvalue weighted by Crippen LogP contribution is 2.02. The Morgan fingerprint density at radius 1 is 1.20 bits per heavy atom. The van der Waals surface area contributed by atoms with Crippen molar-refractivity contribution in [3.8, 4) is 0 Å². The molecule has 0 fully saturated rings. The molecule has 0 saturated carbocycles. The van der Waals surface area contributed by atoms with Crippen LogP contribution in [-0.4, -0.2) is 70.5 Å². The number of rotatable bonds is 11. The van der Waals surface area contributed by atoms with E-state index in [1.54, 1.807) is 0 Å². The molecule has 0 spiro atoms. The maximum atomic E-state index is 12.2. The molecule has 4 unspecified atom stereocenters. The summed E-state index contributed by atoms with van der Waals surface area (Å²) >= 11 is 3.87. The number of carbonyl (C=O) groups is 3. The zero-order chi connectivity index (χ0) is 19.6. The summed E-state index contributed by atoms with van der Waals surface area (Å²) in [5, 5.41) is 23.4. The first-order chi connectivity index (χ1) is 11.6. The zero-order valence-electron chi connectivity index (χ0n) is 13.9. The second-order valence-electron chi connectivity index (χ2n) is 5.36. The molecule has 0 aliphatic rings. The van der Waals surface area contributed by atoms with Gasteiger partial charge in [0.1, 0.15) is 12.1 Å². The maximum absolute atomic E-state index is 12.2. The van der Waals surface area contributed by atoms with Gasteiger partial charge in [0.25, 0.3) is 0 Å². The van der Waals surface area contributed by atoms with Crippen LogP contribution >= 0.6 is 12.6 Å². The topological polar surface area (TPSA) is 206 Å². The standard InChI is InChI=1S/C13H26N6O5S/c1-6(20)9(19-10(21)7(14)5-25)11(22)18-8(12(23)24)3-2-4-17-13(15)16/h6-9,20,25H,2-5,14H2,1H3,(H,18,22)(H,19,21)(H,23,24)(H4,15,16,17). The van der Waals surface area contributed by atoms with Crippen LogP contribution in [0.4, 0.5) is 0 Å². The minimum absolute atomic E-state index is 0.0442. The Bertz CT molecular complexity index is 497. The number of hydrogen-bond acceptors (Lipinski definition) is 7. The highest BCUT2D eigenvalue weighted by molar-refractivity contribution is 7.80. The number of carbonyl (C=O) groups excluding carboxylic acids is 2. The summed E-state index contributed by atoms with van der Waals surface area (Å²) in [6.45, 7) is 1.49. The van der Waals surface area contributed by atoms with Gasteiger partial charge in [0.2, 0.25) is 11.8 Å². The van der Waals surface area contributed by atoms with Crippen molar-refractivity contribution in [3.05, 3.63) is 0 Å². The minimum Gasteiger partial charge on any atom is -0.480 e. The van der Waals surface area contributed by atoms with Crippen molar-refractivity contribution in [1.29, 1.82) is 0 Å². The molecule has 0 saturated heterocycles. The maximum Gasteiger partial charge on any atom is 0.326 e. The summed E-state index contributed by atoms with van der Waals surface area (Å²) in [5.41, 5.74) is 15.8. The normalized spacial score (nSPS) is 15.4. The molecule has 0 aromatic heterocycles. The summed E-state index contributed by atoms with van der Waals surface area (Å²) in [7, 11) is 0. The van der Waals surface area contributed by atoms with Crippen LogP contribution in [0.3, 0.4) is 0 Å². The number of hydrogen-bond donors (Lipinski definition) is 8. The van der Waals surface area contributed by atoms with E-state index >= 15 is 0 Å². The van der Waals surface area contributed by atoms with Gasteiger partial charge in [0.05, 0.1) is 12.1 Å². The number of nitrogens with one attached hydrogen (secondary N) is 2. The van der Waals surface area contributed by atoms with Crippen molar-refractivity contribution in [1.82, 2.24) is 10.6 Å². The van der Waals surface area contributed by atoms with E-state index in [1.165, 1.54) is 6.92 Å². The van der Waals surface area contributed by atoms with Crippen molar-refractivity contribution < 1.29 is 24.6 Å². The van der Waals surface area contributed by atoms with Gasteiger partial charge in [0, 0.05) is 12.3 Å². The molecule has 0 heterocycles. The third kappa shape index (κ3) is 9.12. The van der Waals surface area contributed by atoms with Gasteiger partial charge in [-0.05, 0) is 19.8 Å². The molecule has 0 aliphatic carbocycles. The molecule has 4 atom stereocenters. The molecule has 144 valence electrons. The van der Waals surface area contributed by atoms with Gasteiger partial charge in [-0.1, -0.05) is 0 Å². The number of carboxylic acid groups (broad SMARTS) is 1. The summed E-state index contributed by atoms with van der Waals surface area (Å²) in [5.74, 6) is -2.86. The van der Waals surface area contributed by atoms with Gasteiger partial charge in [-0.2, -0.15) is 12.6 Å². The molecule has 0 bridgehead atoms.